The first kappa shape index (κ1) is 17.7. The molecule has 0 atom stereocenters. The maximum Gasteiger partial charge on any atom is 0.278 e. The fourth-order valence-electron chi connectivity index (χ4n) is 3.06. The van der Waals surface area contributed by atoms with Crippen molar-refractivity contribution in [3.8, 4) is 5.69 Å². The zero-order chi connectivity index (χ0) is 19.3. The van der Waals surface area contributed by atoms with Gasteiger partial charge in [-0.05, 0) is 42.7 Å². The Morgan fingerprint density at radius 1 is 0.857 bits per heavy atom. The highest BCUT2D eigenvalue weighted by molar-refractivity contribution is 6.04. The lowest BCUT2D eigenvalue weighted by Gasteiger charge is -2.10. The van der Waals surface area contributed by atoms with Gasteiger partial charge in [0.2, 0.25) is 0 Å². The first-order valence-electron chi connectivity index (χ1n) is 9.13. The van der Waals surface area contributed by atoms with E-state index in [1.54, 1.807) is 6.92 Å². The number of nitrogens with one attached hydrogen (secondary N) is 1. The van der Waals surface area contributed by atoms with Gasteiger partial charge in [-0.2, -0.15) is 9.90 Å². The normalized spacial score (nSPS) is 10.6. The van der Waals surface area contributed by atoms with Crippen LogP contribution >= 0.6 is 0 Å². The van der Waals surface area contributed by atoms with Gasteiger partial charge in [0, 0.05) is 5.69 Å². The van der Waals surface area contributed by atoms with E-state index in [1.165, 1.54) is 10.4 Å². The van der Waals surface area contributed by atoms with Crippen LogP contribution in [-0.2, 0) is 6.42 Å². The van der Waals surface area contributed by atoms with Crippen LogP contribution in [0.25, 0.3) is 5.69 Å². The fourth-order valence-corrected chi connectivity index (χ4v) is 3.06. The molecule has 0 spiro atoms. The van der Waals surface area contributed by atoms with Crippen molar-refractivity contribution >= 4 is 11.6 Å². The molecule has 3 aromatic carbocycles. The molecule has 4 aromatic rings. The number of carbonyl (C=O) groups excluding carboxylic acids is 1. The van der Waals surface area contributed by atoms with Crippen molar-refractivity contribution < 1.29 is 4.79 Å². The summed E-state index contributed by atoms with van der Waals surface area (Å²) in [6.45, 7) is 1.79. The first-order valence-corrected chi connectivity index (χ1v) is 9.13. The second-order valence-corrected chi connectivity index (χ2v) is 6.53. The number of carbonyl (C=O) groups is 1. The van der Waals surface area contributed by atoms with Gasteiger partial charge in [0.05, 0.1) is 11.4 Å². The Morgan fingerprint density at radius 3 is 2.25 bits per heavy atom. The Bertz CT molecular complexity index is 1090. The SMILES string of the molecule is Cc1nn(-c2ccccc2)nc1C(=O)Nc1ccccc1Cc1ccccc1. The lowest BCUT2D eigenvalue weighted by atomic mass is 10.0. The number of benzene rings is 3. The standard InChI is InChI=1S/C23H20N4O/c1-17-22(26-27(25-17)20-13-6-3-7-14-20)23(28)24-21-15-9-8-12-19(21)16-18-10-4-2-5-11-18/h2-15H,16H2,1H3,(H,24,28). The summed E-state index contributed by atoms with van der Waals surface area (Å²) in [7, 11) is 0. The Labute approximate surface area is 163 Å². The average Bonchev–Trinajstić information content (AvgIpc) is 3.13. The predicted molar refractivity (Wildman–Crippen MR) is 110 cm³/mol. The molecule has 0 aliphatic heterocycles. The summed E-state index contributed by atoms with van der Waals surface area (Å²) in [5.41, 5.74) is 4.74. The summed E-state index contributed by atoms with van der Waals surface area (Å²) in [5, 5.41) is 11.8. The van der Waals surface area contributed by atoms with Crippen molar-refractivity contribution in [1.29, 1.82) is 0 Å². The van der Waals surface area contributed by atoms with E-state index >= 15 is 0 Å². The Hall–Kier alpha value is -3.73. The van der Waals surface area contributed by atoms with Gasteiger partial charge in [-0.1, -0.05) is 66.7 Å². The molecule has 0 radical (unpaired) electrons. The summed E-state index contributed by atoms with van der Waals surface area (Å²) in [6.07, 6.45) is 0.743. The van der Waals surface area contributed by atoms with Gasteiger partial charge in [0.15, 0.2) is 5.69 Å². The quantitative estimate of drug-likeness (QED) is 0.567. The molecular weight excluding hydrogens is 348 g/mol. The van der Waals surface area contributed by atoms with Gasteiger partial charge >= 0.3 is 0 Å². The van der Waals surface area contributed by atoms with Crippen molar-refractivity contribution in [2.75, 3.05) is 5.32 Å². The molecular formula is C23H20N4O. The number of aryl methyl sites for hydroxylation is 1. The third-order valence-electron chi connectivity index (χ3n) is 4.49. The Kier molecular flexibility index (Phi) is 4.97. The molecule has 5 nitrogen and oxygen atoms in total. The summed E-state index contributed by atoms with van der Waals surface area (Å²) >= 11 is 0. The lowest BCUT2D eigenvalue weighted by molar-refractivity contribution is 0.102. The van der Waals surface area contributed by atoms with Crippen LogP contribution in [0.15, 0.2) is 84.9 Å². The van der Waals surface area contributed by atoms with E-state index in [9.17, 15) is 4.79 Å². The van der Waals surface area contributed by atoms with Gasteiger partial charge in [-0.3, -0.25) is 4.79 Å². The largest absolute Gasteiger partial charge is 0.320 e. The van der Waals surface area contributed by atoms with Crippen LogP contribution in [0, 0.1) is 6.92 Å². The van der Waals surface area contributed by atoms with Crippen molar-refractivity contribution in [3.63, 3.8) is 0 Å². The maximum absolute atomic E-state index is 12.9. The van der Waals surface area contributed by atoms with E-state index in [1.807, 2.05) is 72.8 Å². The molecule has 1 aromatic heterocycles. The van der Waals surface area contributed by atoms with E-state index in [0.29, 0.717) is 11.4 Å². The number of nitrogens with zero attached hydrogens (tertiary/aromatic N) is 3. The summed E-state index contributed by atoms with van der Waals surface area (Å²) < 4.78 is 0. The second kappa shape index (κ2) is 7.88. The summed E-state index contributed by atoms with van der Waals surface area (Å²) in [5.74, 6) is -0.264. The Balaban J connectivity index is 1.57. The molecule has 28 heavy (non-hydrogen) atoms. The molecule has 0 unspecified atom stereocenters. The van der Waals surface area contributed by atoms with Gasteiger partial charge in [0.25, 0.3) is 5.91 Å². The van der Waals surface area contributed by atoms with E-state index in [-0.39, 0.29) is 5.91 Å². The number of amides is 1. The number of anilines is 1. The third-order valence-corrected chi connectivity index (χ3v) is 4.49. The van der Waals surface area contributed by atoms with Gasteiger partial charge in [-0.25, -0.2) is 0 Å². The van der Waals surface area contributed by atoms with Crippen LogP contribution in [0.5, 0.6) is 0 Å². The molecule has 1 N–H and O–H groups in total. The molecule has 0 bridgehead atoms. The van der Waals surface area contributed by atoms with Crippen LogP contribution < -0.4 is 5.32 Å². The van der Waals surface area contributed by atoms with Crippen LogP contribution in [0.2, 0.25) is 0 Å². The molecule has 0 saturated heterocycles. The minimum Gasteiger partial charge on any atom is -0.320 e. The topological polar surface area (TPSA) is 59.8 Å². The van der Waals surface area contributed by atoms with Crippen LogP contribution in [0.3, 0.4) is 0 Å². The van der Waals surface area contributed by atoms with E-state index in [4.69, 9.17) is 0 Å². The number of hydrogen-bond acceptors (Lipinski definition) is 3. The van der Waals surface area contributed by atoms with Crippen molar-refractivity contribution in [3.05, 3.63) is 107 Å². The number of aromatic nitrogens is 3. The second-order valence-electron chi connectivity index (χ2n) is 6.53. The fraction of sp³-hybridized carbons (Fsp3) is 0.0870. The van der Waals surface area contributed by atoms with Gasteiger partial charge in [-0.15, -0.1) is 5.10 Å². The molecule has 4 rings (SSSR count). The van der Waals surface area contributed by atoms with Crippen LogP contribution in [0.1, 0.15) is 27.3 Å². The van der Waals surface area contributed by atoms with Crippen molar-refractivity contribution in [2.24, 2.45) is 0 Å². The highest BCUT2D eigenvalue weighted by Gasteiger charge is 2.17. The zero-order valence-corrected chi connectivity index (χ0v) is 15.5. The number of rotatable bonds is 5. The minimum atomic E-state index is -0.264. The van der Waals surface area contributed by atoms with Gasteiger partial charge < -0.3 is 5.32 Å². The highest BCUT2D eigenvalue weighted by atomic mass is 16.2. The van der Waals surface area contributed by atoms with Crippen molar-refractivity contribution in [1.82, 2.24) is 15.0 Å². The minimum absolute atomic E-state index is 0.264. The number of hydrogen-bond donors (Lipinski definition) is 1. The molecule has 138 valence electrons. The van der Waals surface area contributed by atoms with Crippen LogP contribution in [-0.4, -0.2) is 20.9 Å². The third kappa shape index (κ3) is 3.83. The van der Waals surface area contributed by atoms with E-state index in [0.717, 1.165) is 23.4 Å². The molecule has 0 saturated carbocycles. The van der Waals surface area contributed by atoms with E-state index < -0.39 is 0 Å². The van der Waals surface area contributed by atoms with Gasteiger partial charge in [0.1, 0.15) is 0 Å². The highest BCUT2D eigenvalue weighted by Crippen LogP contribution is 2.20. The smallest absolute Gasteiger partial charge is 0.278 e. The predicted octanol–water partition coefficient (Wildman–Crippen LogP) is 4.42. The molecule has 5 heteroatoms. The lowest BCUT2D eigenvalue weighted by Crippen LogP contribution is -2.15. The monoisotopic (exact) mass is 368 g/mol. The summed E-state index contributed by atoms with van der Waals surface area (Å²) in [6, 6.07) is 27.6. The summed E-state index contributed by atoms with van der Waals surface area (Å²) in [4.78, 5) is 14.3. The molecule has 0 fully saturated rings. The van der Waals surface area contributed by atoms with Crippen molar-refractivity contribution in [2.45, 2.75) is 13.3 Å². The maximum atomic E-state index is 12.9. The molecule has 0 aliphatic rings. The molecule has 1 amide bonds. The van der Waals surface area contributed by atoms with E-state index in [2.05, 4.69) is 27.6 Å². The average molecular weight is 368 g/mol. The first-order chi connectivity index (χ1) is 13.7. The molecule has 1 heterocycles. The number of para-hydroxylation sites is 2. The Morgan fingerprint density at radius 2 is 1.50 bits per heavy atom. The molecule has 0 aliphatic carbocycles. The van der Waals surface area contributed by atoms with Crippen LogP contribution in [0.4, 0.5) is 5.69 Å². The zero-order valence-electron chi connectivity index (χ0n) is 15.5.